The lowest BCUT2D eigenvalue weighted by molar-refractivity contribution is 0.823. The highest BCUT2D eigenvalue weighted by molar-refractivity contribution is 7.54. The van der Waals surface area contributed by atoms with Gasteiger partial charge < -0.3 is 32.9 Å². The van der Waals surface area contributed by atoms with E-state index in [0.29, 0.717) is 0 Å². The first kappa shape index (κ1) is 82.4. The maximum atomic E-state index is 4.94. The highest BCUT2D eigenvalue weighted by Gasteiger charge is 2.00. The Bertz CT molecular complexity index is 19.3. The Morgan fingerprint density at radius 1 is 0.545 bits per heavy atom. The van der Waals surface area contributed by atoms with Crippen molar-refractivity contribution in [3.05, 3.63) is 0 Å². The molecular formula is H13AlCl4O6. The lowest BCUT2D eigenvalue weighted by Gasteiger charge is -1.57. The minimum absolute atomic E-state index is 0. The van der Waals surface area contributed by atoms with Gasteiger partial charge in [0.1, 0.15) is 0 Å². The maximum absolute atomic E-state index is 4.94. The Hall–Kier alpha value is 1.45. The lowest BCUT2D eigenvalue weighted by atomic mass is 16.0. The van der Waals surface area contributed by atoms with E-state index in [1.807, 2.05) is 0 Å². The van der Waals surface area contributed by atoms with Crippen LogP contribution in [-0.2, 0) is 0 Å². The van der Waals surface area contributed by atoms with Gasteiger partial charge in [-0.3, -0.25) is 0 Å². The van der Waals surface area contributed by atoms with Gasteiger partial charge in [0.15, 0.2) is 0 Å². The molecule has 0 aromatic heterocycles. The fourth-order valence-corrected chi connectivity index (χ4v) is 0. The van der Waals surface area contributed by atoms with E-state index in [0.717, 1.165) is 0 Å². The monoisotopic (exact) mass is 276 g/mol. The molecule has 6 nitrogen and oxygen atoms in total. The van der Waals surface area contributed by atoms with E-state index < -0.39 is 11.4 Å². The summed E-state index contributed by atoms with van der Waals surface area (Å²) < 4.78 is 0. The molecule has 0 spiro atoms. The van der Waals surface area contributed by atoms with Crippen molar-refractivity contribution < 1.29 is 32.9 Å². The average molecular weight is 278 g/mol. The van der Waals surface area contributed by atoms with Crippen LogP contribution in [0.15, 0.2) is 0 Å². The van der Waals surface area contributed by atoms with Gasteiger partial charge >= 0.3 is 11.4 Å². The normalized spacial score (nSPS) is 2.45. The van der Waals surface area contributed by atoms with Crippen LogP contribution in [0.5, 0.6) is 0 Å². The summed E-state index contributed by atoms with van der Waals surface area (Å²) in [6, 6.07) is 0. The van der Waals surface area contributed by atoms with Crippen LogP contribution in [0.25, 0.3) is 0 Å². The van der Waals surface area contributed by atoms with Gasteiger partial charge in [-0.25, -0.2) is 30.1 Å². The van der Waals surface area contributed by atoms with Crippen molar-refractivity contribution >= 4 is 53.9 Å². The summed E-state index contributed by atoms with van der Waals surface area (Å²) in [5.74, 6) is 0. The van der Waals surface area contributed by atoms with Crippen molar-refractivity contribution in [1.82, 2.24) is 0 Å². The van der Waals surface area contributed by atoms with Crippen LogP contribution in [-0.4, -0.2) is 44.2 Å². The lowest BCUT2D eigenvalue weighted by Crippen LogP contribution is -1.66. The van der Waals surface area contributed by atoms with Crippen LogP contribution in [0, 0.1) is 0 Å². The summed E-state index contributed by atoms with van der Waals surface area (Å²) in [5.41, 5.74) is 0. The van der Waals surface area contributed by atoms with Gasteiger partial charge in [0.2, 0.25) is 0 Å². The Kier molecular flexibility index (Phi) is 473. The van der Waals surface area contributed by atoms with Crippen LogP contribution >= 0.6 is 42.6 Å². The Balaban J connectivity index is -0.00000000214. The van der Waals surface area contributed by atoms with Crippen molar-refractivity contribution in [2.24, 2.45) is 0 Å². The third-order valence-electron chi connectivity index (χ3n) is 0. The van der Waals surface area contributed by atoms with E-state index in [2.05, 4.69) is 0 Å². The molecule has 0 aliphatic carbocycles. The van der Waals surface area contributed by atoms with Crippen LogP contribution < -0.4 is 0 Å². The summed E-state index contributed by atoms with van der Waals surface area (Å²) in [7, 11) is 14.8. The molecule has 0 aromatic carbocycles. The fraction of sp³-hybridized carbons (Fsp3) is 0. The zero-order valence-electron chi connectivity index (χ0n) is 5.12. The molecule has 0 rings (SSSR count). The quantitative estimate of drug-likeness (QED) is 0.413. The molecule has 0 saturated carbocycles. The van der Waals surface area contributed by atoms with Gasteiger partial charge in [-0.05, 0) is 0 Å². The first-order valence-electron chi connectivity index (χ1n) is 0.655. The summed E-state index contributed by atoms with van der Waals surface area (Å²) >= 11 is -1.72. The average Bonchev–Trinajstić information content (AvgIpc) is 0.811. The third kappa shape index (κ3) is 485. The molecule has 80 valence electrons. The van der Waals surface area contributed by atoms with E-state index in [1.54, 1.807) is 0 Å². The van der Waals surface area contributed by atoms with Crippen LogP contribution in [0.1, 0.15) is 0 Å². The summed E-state index contributed by atoms with van der Waals surface area (Å²) in [6.45, 7) is 0. The molecule has 0 heterocycles. The zero-order valence-corrected chi connectivity index (χ0v) is 9.36. The minimum Gasteiger partial charge on any atom is -0.412 e. The van der Waals surface area contributed by atoms with Crippen LogP contribution in [0.4, 0.5) is 0 Å². The number of hydrogen-bond donors (Lipinski definition) is 0. The van der Waals surface area contributed by atoms with Gasteiger partial charge in [-0.1, -0.05) is 0 Å². The second-order valence-electron chi connectivity index (χ2n) is 0.247. The molecule has 11 heteroatoms. The van der Waals surface area contributed by atoms with E-state index >= 15 is 0 Å². The SMILES string of the molecule is Cl.O.O.O.O.O.O.[Cl][Al]([Cl])[Cl]. The Morgan fingerprint density at radius 3 is 0.545 bits per heavy atom. The molecular weight excluding hydrogens is 265 g/mol. The maximum Gasteiger partial charge on any atom is 0.643 e. The molecule has 0 aliphatic rings. The first-order valence-corrected chi connectivity index (χ1v) is 5.89. The number of halogens is 4. The first-order chi connectivity index (χ1) is 1.73. The molecule has 0 aromatic rings. The molecule has 0 saturated heterocycles. The Morgan fingerprint density at radius 2 is 0.545 bits per heavy atom. The largest absolute Gasteiger partial charge is 0.643 e. The standard InChI is InChI=1S/Al.4ClH.6H2O/h;4*1H;6*1H2/q+3;;;;;;;;;;/p-3. The molecule has 12 N–H and O–H groups in total. The molecule has 0 fully saturated rings. The summed E-state index contributed by atoms with van der Waals surface area (Å²) in [6.07, 6.45) is 0. The van der Waals surface area contributed by atoms with Crippen LogP contribution in [0.2, 0.25) is 0 Å². The molecule has 0 unspecified atom stereocenters. The summed E-state index contributed by atoms with van der Waals surface area (Å²) in [4.78, 5) is 0. The Labute approximate surface area is 86.7 Å². The van der Waals surface area contributed by atoms with Gasteiger partial charge in [0.25, 0.3) is 0 Å². The van der Waals surface area contributed by atoms with Crippen LogP contribution in [0.3, 0.4) is 0 Å². The van der Waals surface area contributed by atoms with Crippen molar-refractivity contribution in [2.45, 2.75) is 0 Å². The van der Waals surface area contributed by atoms with Crippen molar-refractivity contribution in [3.63, 3.8) is 0 Å². The number of hydrogen-bond acceptors (Lipinski definition) is 0. The predicted octanol–water partition coefficient (Wildman–Crippen LogP) is -2.84. The molecule has 11 heavy (non-hydrogen) atoms. The smallest absolute Gasteiger partial charge is 0.412 e. The molecule has 0 aliphatic heterocycles. The van der Waals surface area contributed by atoms with Crippen molar-refractivity contribution in [1.29, 1.82) is 0 Å². The highest BCUT2D eigenvalue weighted by Crippen LogP contribution is 1.97. The van der Waals surface area contributed by atoms with Gasteiger partial charge in [-0.15, -0.1) is 12.4 Å². The highest BCUT2D eigenvalue weighted by atomic mass is 35.8. The topological polar surface area (TPSA) is 189 Å². The number of rotatable bonds is 0. The second kappa shape index (κ2) is 63.1. The molecule has 0 atom stereocenters. The molecule has 0 radical (unpaired) electrons. The zero-order chi connectivity index (χ0) is 3.58. The van der Waals surface area contributed by atoms with E-state index in [1.165, 1.54) is 0 Å². The van der Waals surface area contributed by atoms with E-state index in [9.17, 15) is 0 Å². The molecule has 0 amide bonds. The minimum atomic E-state index is -1.72. The van der Waals surface area contributed by atoms with E-state index in [-0.39, 0.29) is 45.3 Å². The van der Waals surface area contributed by atoms with Gasteiger partial charge in [0, 0.05) is 0 Å². The third-order valence-corrected chi connectivity index (χ3v) is 0. The predicted molar refractivity (Wildman–Crippen MR) is 52.2 cm³/mol. The second-order valence-corrected chi connectivity index (χ2v) is 6.68. The van der Waals surface area contributed by atoms with Crippen molar-refractivity contribution in [3.8, 4) is 0 Å². The van der Waals surface area contributed by atoms with Gasteiger partial charge in [-0.2, -0.15) is 0 Å². The van der Waals surface area contributed by atoms with Crippen molar-refractivity contribution in [2.75, 3.05) is 0 Å². The molecule has 0 bridgehead atoms. The van der Waals surface area contributed by atoms with E-state index in [4.69, 9.17) is 30.1 Å². The fourth-order valence-electron chi connectivity index (χ4n) is 0. The summed E-state index contributed by atoms with van der Waals surface area (Å²) in [5, 5.41) is 0. The van der Waals surface area contributed by atoms with Gasteiger partial charge in [0.05, 0.1) is 0 Å².